The Balaban J connectivity index is 2.06. The van der Waals surface area contributed by atoms with E-state index in [2.05, 4.69) is 28.9 Å². The maximum absolute atomic E-state index is 12.2. The molecule has 1 aromatic rings. The maximum Gasteiger partial charge on any atom is 0.240 e. The predicted molar refractivity (Wildman–Crippen MR) is 82.4 cm³/mol. The molecule has 1 N–H and O–H groups in total. The Labute approximate surface area is 121 Å². The number of likely N-dealkylation sites (N-methyl/N-ethyl adjacent to an activating group) is 1. The molecule has 0 spiro atoms. The standard InChI is InChI=1S/C16H23N3O/c1-13(14-7-5-4-6-8-14)12-19-10-9-17-11-15(19)16(20)18(2)3/h4-8,15,17H,1,9-12H2,2-3H3. The number of nitrogens with zero attached hydrogens (tertiary/aromatic N) is 2. The van der Waals surface area contributed by atoms with Crippen LogP contribution in [-0.4, -0.2) is 62.0 Å². The molecule has 1 fully saturated rings. The van der Waals surface area contributed by atoms with Gasteiger partial charge in [-0.3, -0.25) is 9.69 Å². The van der Waals surface area contributed by atoms with E-state index in [0.29, 0.717) is 6.54 Å². The second kappa shape index (κ2) is 6.68. The first-order valence-corrected chi connectivity index (χ1v) is 6.98. The van der Waals surface area contributed by atoms with E-state index >= 15 is 0 Å². The van der Waals surface area contributed by atoms with Gasteiger partial charge in [0.15, 0.2) is 0 Å². The highest BCUT2D eigenvalue weighted by Gasteiger charge is 2.29. The number of amides is 1. The molecule has 2 rings (SSSR count). The fourth-order valence-corrected chi connectivity index (χ4v) is 2.49. The van der Waals surface area contributed by atoms with Crippen molar-refractivity contribution in [1.29, 1.82) is 0 Å². The number of benzene rings is 1. The summed E-state index contributed by atoms with van der Waals surface area (Å²) in [5, 5.41) is 3.29. The Kier molecular flexibility index (Phi) is 4.93. The van der Waals surface area contributed by atoms with Crippen LogP contribution in [0.2, 0.25) is 0 Å². The lowest BCUT2D eigenvalue weighted by molar-refractivity contribution is -0.134. The van der Waals surface area contributed by atoms with Crippen LogP contribution in [0.1, 0.15) is 5.56 Å². The fraction of sp³-hybridized carbons (Fsp3) is 0.438. The second-order valence-electron chi connectivity index (χ2n) is 5.39. The van der Waals surface area contributed by atoms with Crippen molar-refractivity contribution in [1.82, 2.24) is 15.1 Å². The SMILES string of the molecule is C=C(CN1CCNCC1C(=O)N(C)C)c1ccccc1. The van der Waals surface area contributed by atoms with Gasteiger partial charge in [-0.1, -0.05) is 36.9 Å². The highest BCUT2D eigenvalue weighted by Crippen LogP contribution is 2.16. The van der Waals surface area contributed by atoms with Crippen LogP contribution in [0.15, 0.2) is 36.9 Å². The van der Waals surface area contributed by atoms with Crippen molar-refractivity contribution in [3.05, 3.63) is 42.5 Å². The zero-order valence-corrected chi connectivity index (χ0v) is 12.3. The largest absolute Gasteiger partial charge is 0.347 e. The van der Waals surface area contributed by atoms with Gasteiger partial charge in [-0.15, -0.1) is 0 Å². The van der Waals surface area contributed by atoms with Crippen LogP contribution in [-0.2, 0) is 4.79 Å². The van der Waals surface area contributed by atoms with Crippen LogP contribution < -0.4 is 5.32 Å². The summed E-state index contributed by atoms with van der Waals surface area (Å²) in [5.41, 5.74) is 2.20. The van der Waals surface area contributed by atoms with E-state index in [4.69, 9.17) is 0 Å². The zero-order valence-electron chi connectivity index (χ0n) is 12.3. The van der Waals surface area contributed by atoms with Crippen molar-refractivity contribution < 1.29 is 4.79 Å². The molecule has 1 atom stereocenters. The van der Waals surface area contributed by atoms with Crippen molar-refractivity contribution >= 4 is 11.5 Å². The molecule has 4 heteroatoms. The molecule has 0 radical (unpaired) electrons. The zero-order chi connectivity index (χ0) is 14.5. The predicted octanol–water partition coefficient (Wildman–Crippen LogP) is 1.06. The first-order chi connectivity index (χ1) is 9.59. The van der Waals surface area contributed by atoms with E-state index in [-0.39, 0.29) is 11.9 Å². The number of hydrogen-bond acceptors (Lipinski definition) is 3. The summed E-state index contributed by atoms with van der Waals surface area (Å²) in [6, 6.07) is 10.1. The maximum atomic E-state index is 12.2. The van der Waals surface area contributed by atoms with Gasteiger partial charge >= 0.3 is 0 Å². The van der Waals surface area contributed by atoms with E-state index in [0.717, 1.165) is 30.8 Å². The average molecular weight is 273 g/mol. The number of carbonyl (C=O) groups is 1. The van der Waals surface area contributed by atoms with Crippen molar-refractivity contribution in [2.45, 2.75) is 6.04 Å². The molecule has 1 unspecified atom stereocenters. The van der Waals surface area contributed by atoms with Gasteiger partial charge in [0, 0.05) is 40.3 Å². The third kappa shape index (κ3) is 3.46. The Morgan fingerprint density at radius 3 is 2.75 bits per heavy atom. The number of rotatable bonds is 4. The molecule has 0 bridgehead atoms. The van der Waals surface area contributed by atoms with Gasteiger partial charge in [-0.05, 0) is 11.1 Å². The molecular formula is C16H23N3O. The normalized spacial score (nSPS) is 19.6. The molecule has 1 heterocycles. The lowest BCUT2D eigenvalue weighted by Gasteiger charge is -2.36. The first-order valence-electron chi connectivity index (χ1n) is 6.98. The minimum absolute atomic E-state index is 0.0980. The summed E-state index contributed by atoms with van der Waals surface area (Å²) in [7, 11) is 3.61. The van der Waals surface area contributed by atoms with Crippen LogP contribution in [0.3, 0.4) is 0 Å². The van der Waals surface area contributed by atoms with Crippen LogP contribution in [0.4, 0.5) is 0 Å². The van der Waals surface area contributed by atoms with Crippen molar-refractivity contribution in [2.24, 2.45) is 0 Å². The van der Waals surface area contributed by atoms with Gasteiger partial charge in [0.1, 0.15) is 6.04 Å². The molecule has 1 saturated heterocycles. The number of piperazine rings is 1. The Bertz CT molecular complexity index is 470. The first kappa shape index (κ1) is 14.8. The van der Waals surface area contributed by atoms with Crippen molar-refractivity contribution in [2.75, 3.05) is 40.3 Å². The van der Waals surface area contributed by atoms with Gasteiger partial charge in [0.05, 0.1) is 0 Å². The van der Waals surface area contributed by atoms with Crippen LogP contribution in [0.5, 0.6) is 0 Å². The minimum atomic E-state index is -0.0980. The molecule has 0 aliphatic carbocycles. The molecule has 1 aliphatic rings. The summed E-state index contributed by atoms with van der Waals surface area (Å²) in [6.07, 6.45) is 0. The summed E-state index contributed by atoms with van der Waals surface area (Å²) in [4.78, 5) is 16.1. The summed E-state index contributed by atoms with van der Waals surface area (Å²) < 4.78 is 0. The Hall–Kier alpha value is -1.65. The van der Waals surface area contributed by atoms with Gasteiger partial charge in [-0.2, -0.15) is 0 Å². The molecular weight excluding hydrogens is 250 g/mol. The molecule has 1 aromatic carbocycles. The lowest BCUT2D eigenvalue weighted by atomic mass is 10.1. The Morgan fingerprint density at radius 2 is 2.10 bits per heavy atom. The molecule has 4 nitrogen and oxygen atoms in total. The second-order valence-corrected chi connectivity index (χ2v) is 5.39. The topological polar surface area (TPSA) is 35.6 Å². The Morgan fingerprint density at radius 1 is 1.40 bits per heavy atom. The number of carbonyl (C=O) groups excluding carboxylic acids is 1. The monoisotopic (exact) mass is 273 g/mol. The minimum Gasteiger partial charge on any atom is -0.347 e. The van der Waals surface area contributed by atoms with E-state index < -0.39 is 0 Å². The van der Waals surface area contributed by atoms with Gasteiger partial charge < -0.3 is 10.2 Å². The van der Waals surface area contributed by atoms with E-state index in [1.807, 2.05) is 18.2 Å². The molecule has 1 amide bonds. The molecule has 20 heavy (non-hydrogen) atoms. The van der Waals surface area contributed by atoms with Gasteiger partial charge in [-0.25, -0.2) is 0 Å². The fourth-order valence-electron chi connectivity index (χ4n) is 2.49. The van der Waals surface area contributed by atoms with Crippen LogP contribution in [0.25, 0.3) is 5.57 Å². The highest BCUT2D eigenvalue weighted by molar-refractivity contribution is 5.82. The molecule has 108 valence electrons. The number of hydrogen-bond donors (Lipinski definition) is 1. The highest BCUT2D eigenvalue weighted by atomic mass is 16.2. The lowest BCUT2D eigenvalue weighted by Crippen LogP contribution is -2.57. The van der Waals surface area contributed by atoms with E-state index in [1.54, 1.807) is 19.0 Å². The quantitative estimate of drug-likeness (QED) is 0.891. The van der Waals surface area contributed by atoms with Crippen molar-refractivity contribution in [3.8, 4) is 0 Å². The number of nitrogens with one attached hydrogen (secondary N) is 1. The van der Waals surface area contributed by atoms with E-state index in [1.165, 1.54) is 0 Å². The summed E-state index contributed by atoms with van der Waals surface area (Å²) in [5.74, 6) is 0.151. The van der Waals surface area contributed by atoms with Gasteiger partial charge in [0.2, 0.25) is 5.91 Å². The van der Waals surface area contributed by atoms with Crippen LogP contribution >= 0.6 is 0 Å². The summed E-state index contributed by atoms with van der Waals surface area (Å²) >= 11 is 0. The average Bonchev–Trinajstić information content (AvgIpc) is 2.48. The third-order valence-corrected chi connectivity index (χ3v) is 3.66. The third-order valence-electron chi connectivity index (χ3n) is 3.66. The van der Waals surface area contributed by atoms with Crippen LogP contribution in [0, 0.1) is 0 Å². The molecule has 1 aliphatic heterocycles. The van der Waals surface area contributed by atoms with Gasteiger partial charge in [0.25, 0.3) is 0 Å². The summed E-state index contributed by atoms with van der Waals surface area (Å²) in [6.45, 7) is 7.40. The van der Waals surface area contributed by atoms with E-state index in [9.17, 15) is 4.79 Å². The smallest absolute Gasteiger partial charge is 0.240 e. The molecule has 0 saturated carbocycles. The molecule has 0 aromatic heterocycles. The van der Waals surface area contributed by atoms with Crippen molar-refractivity contribution in [3.63, 3.8) is 0 Å².